The summed E-state index contributed by atoms with van der Waals surface area (Å²) in [7, 11) is 1.74. The van der Waals surface area contributed by atoms with Crippen LogP contribution in [-0.2, 0) is 12.7 Å². The monoisotopic (exact) mass is 262 g/mol. The van der Waals surface area contributed by atoms with Crippen molar-refractivity contribution in [2.75, 3.05) is 7.05 Å². The third-order valence-corrected chi connectivity index (χ3v) is 2.77. The molecule has 18 heavy (non-hydrogen) atoms. The Morgan fingerprint density at radius 3 is 2.56 bits per heavy atom. The van der Waals surface area contributed by atoms with Crippen LogP contribution in [-0.4, -0.2) is 17.7 Å². The van der Waals surface area contributed by atoms with Crippen LogP contribution in [0.25, 0.3) is 0 Å². The van der Waals surface area contributed by atoms with Crippen LogP contribution in [0.2, 0.25) is 0 Å². The predicted molar refractivity (Wildman–Crippen MR) is 63.5 cm³/mol. The maximum absolute atomic E-state index is 12.5. The van der Waals surface area contributed by atoms with Crippen LogP contribution >= 0.6 is 0 Å². The maximum atomic E-state index is 12.5. The molecule has 0 aliphatic heterocycles. The smallest absolute Gasteiger partial charge is 0.315 e. The molecule has 1 N–H and O–H groups in total. The number of likely N-dealkylation sites (N-methyl/N-ethyl adjacent to an activating group) is 1. The van der Waals surface area contributed by atoms with Crippen LogP contribution in [0.5, 0.6) is 0 Å². The van der Waals surface area contributed by atoms with E-state index in [0.717, 1.165) is 35.7 Å². The summed E-state index contributed by atoms with van der Waals surface area (Å²) >= 11 is 0. The van der Waals surface area contributed by atoms with Crippen LogP contribution < -0.4 is 10.9 Å². The minimum atomic E-state index is -4.42. The molecule has 0 aliphatic carbocycles. The van der Waals surface area contributed by atoms with Crippen LogP contribution in [0.4, 0.5) is 13.2 Å². The van der Waals surface area contributed by atoms with Gasteiger partial charge < -0.3 is 9.88 Å². The van der Waals surface area contributed by atoms with Gasteiger partial charge in [-0.25, -0.2) is 0 Å². The third-order valence-electron chi connectivity index (χ3n) is 2.77. The molecule has 0 bridgehead atoms. The van der Waals surface area contributed by atoms with Crippen LogP contribution in [0.1, 0.15) is 25.3 Å². The Morgan fingerprint density at radius 2 is 2.06 bits per heavy atom. The van der Waals surface area contributed by atoms with Crippen molar-refractivity contribution in [3.8, 4) is 0 Å². The average molecular weight is 262 g/mol. The molecule has 1 heterocycles. The first-order valence-corrected chi connectivity index (χ1v) is 5.83. The maximum Gasteiger partial charge on any atom is 0.417 e. The Balaban J connectivity index is 2.97. The number of hydrogen-bond donors (Lipinski definition) is 1. The topological polar surface area (TPSA) is 34.0 Å². The normalized spacial score (nSPS) is 13.6. The van der Waals surface area contributed by atoms with E-state index in [2.05, 4.69) is 5.32 Å². The second-order valence-electron chi connectivity index (χ2n) is 4.18. The van der Waals surface area contributed by atoms with E-state index in [4.69, 9.17) is 0 Å². The number of nitrogens with zero attached hydrogens (tertiary/aromatic N) is 1. The van der Waals surface area contributed by atoms with Gasteiger partial charge in [-0.1, -0.05) is 13.3 Å². The fraction of sp³-hybridized carbons (Fsp3) is 0.583. The van der Waals surface area contributed by atoms with Crippen LogP contribution in [0.15, 0.2) is 23.1 Å². The summed E-state index contributed by atoms with van der Waals surface area (Å²) < 4.78 is 38.7. The van der Waals surface area contributed by atoms with E-state index in [9.17, 15) is 18.0 Å². The van der Waals surface area contributed by atoms with E-state index in [1.165, 1.54) is 0 Å². The number of alkyl halides is 3. The first-order valence-electron chi connectivity index (χ1n) is 5.83. The zero-order valence-corrected chi connectivity index (χ0v) is 10.4. The summed E-state index contributed by atoms with van der Waals surface area (Å²) in [6, 6.07) is 1.77. The van der Waals surface area contributed by atoms with Gasteiger partial charge in [0, 0.05) is 24.8 Å². The Morgan fingerprint density at radius 1 is 1.39 bits per heavy atom. The first kappa shape index (κ1) is 14.8. The van der Waals surface area contributed by atoms with Gasteiger partial charge in [-0.15, -0.1) is 0 Å². The summed E-state index contributed by atoms with van der Waals surface area (Å²) in [6.45, 7) is 2.23. The number of halogens is 3. The van der Waals surface area contributed by atoms with Crippen LogP contribution in [0.3, 0.4) is 0 Å². The van der Waals surface area contributed by atoms with Gasteiger partial charge in [0.15, 0.2) is 0 Å². The van der Waals surface area contributed by atoms with Gasteiger partial charge in [-0.05, 0) is 19.5 Å². The third kappa shape index (κ3) is 3.87. The number of rotatable bonds is 5. The van der Waals surface area contributed by atoms with E-state index in [1.807, 2.05) is 6.92 Å². The van der Waals surface area contributed by atoms with Crippen LogP contribution in [0, 0.1) is 0 Å². The van der Waals surface area contributed by atoms with E-state index in [0.29, 0.717) is 0 Å². The van der Waals surface area contributed by atoms with Crippen molar-refractivity contribution >= 4 is 0 Å². The summed E-state index contributed by atoms with van der Waals surface area (Å²) in [5, 5.41) is 3.00. The molecule has 0 saturated heterocycles. The van der Waals surface area contributed by atoms with E-state index >= 15 is 0 Å². The quantitative estimate of drug-likeness (QED) is 0.883. The van der Waals surface area contributed by atoms with Crippen molar-refractivity contribution in [3.63, 3.8) is 0 Å². The number of hydrogen-bond acceptors (Lipinski definition) is 2. The highest BCUT2D eigenvalue weighted by Crippen LogP contribution is 2.28. The number of aromatic nitrogens is 1. The number of pyridine rings is 1. The Hall–Kier alpha value is -1.30. The lowest BCUT2D eigenvalue weighted by Gasteiger charge is -2.17. The molecule has 1 atom stereocenters. The Labute approximate surface area is 104 Å². The molecular formula is C12H17F3N2O. The highest BCUT2D eigenvalue weighted by Gasteiger charge is 2.31. The summed E-state index contributed by atoms with van der Waals surface area (Å²) in [5.74, 6) is 0. The fourth-order valence-electron chi connectivity index (χ4n) is 1.75. The van der Waals surface area contributed by atoms with Crippen molar-refractivity contribution in [3.05, 3.63) is 34.2 Å². The average Bonchev–Trinajstić information content (AvgIpc) is 2.29. The number of nitrogens with one attached hydrogen (secondary N) is 1. The molecule has 1 unspecified atom stereocenters. The van der Waals surface area contributed by atoms with Crippen molar-refractivity contribution in [1.82, 2.24) is 9.88 Å². The predicted octanol–water partition coefficient (Wildman–Crippen LogP) is 2.26. The molecule has 0 radical (unpaired) electrons. The summed E-state index contributed by atoms with van der Waals surface area (Å²) in [4.78, 5) is 11.5. The van der Waals surface area contributed by atoms with Crippen molar-refractivity contribution < 1.29 is 13.2 Å². The SMILES string of the molecule is CCCC(Cn1cc(C(F)(F)F)ccc1=O)NC. The lowest BCUT2D eigenvalue weighted by molar-refractivity contribution is -0.138. The molecule has 0 fully saturated rings. The molecule has 0 aromatic carbocycles. The summed E-state index contributed by atoms with van der Waals surface area (Å²) in [6.07, 6.45) is -1.84. The molecule has 1 aromatic heterocycles. The van der Waals surface area contributed by atoms with Gasteiger partial charge in [0.2, 0.25) is 0 Å². The van der Waals surface area contributed by atoms with Crippen molar-refractivity contribution in [2.24, 2.45) is 0 Å². The standard InChI is InChI=1S/C12H17F3N2O/c1-3-4-10(16-2)8-17-7-9(12(13,14)15)5-6-11(17)18/h5-7,10,16H,3-4,8H2,1-2H3. The molecule has 0 spiro atoms. The van der Waals surface area contributed by atoms with Gasteiger partial charge in [-0.2, -0.15) is 13.2 Å². The van der Waals surface area contributed by atoms with Gasteiger partial charge in [-0.3, -0.25) is 4.79 Å². The molecule has 1 rings (SSSR count). The second-order valence-corrected chi connectivity index (χ2v) is 4.18. The summed E-state index contributed by atoms with van der Waals surface area (Å²) in [5.41, 5.74) is -1.21. The minimum Gasteiger partial charge on any atom is -0.315 e. The lowest BCUT2D eigenvalue weighted by Crippen LogP contribution is -2.34. The van der Waals surface area contributed by atoms with Gasteiger partial charge in [0.25, 0.3) is 5.56 Å². The molecular weight excluding hydrogens is 245 g/mol. The van der Waals surface area contributed by atoms with E-state index < -0.39 is 17.3 Å². The van der Waals surface area contributed by atoms with Crippen molar-refractivity contribution in [1.29, 1.82) is 0 Å². The first-order chi connectivity index (χ1) is 8.38. The van der Waals surface area contributed by atoms with Crippen molar-refractivity contribution in [2.45, 2.75) is 38.5 Å². The van der Waals surface area contributed by atoms with Gasteiger partial charge in [0.1, 0.15) is 0 Å². The highest BCUT2D eigenvalue weighted by atomic mass is 19.4. The molecule has 102 valence electrons. The zero-order valence-electron chi connectivity index (χ0n) is 10.4. The molecule has 6 heteroatoms. The van der Waals surface area contributed by atoms with Gasteiger partial charge >= 0.3 is 6.18 Å². The minimum absolute atomic E-state index is 0.00353. The molecule has 0 saturated carbocycles. The Kier molecular flexibility index (Phi) is 4.95. The van der Waals surface area contributed by atoms with E-state index in [-0.39, 0.29) is 12.6 Å². The molecule has 0 aliphatic rings. The molecule has 1 aromatic rings. The van der Waals surface area contributed by atoms with E-state index in [1.54, 1.807) is 7.05 Å². The van der Waals surface area contributed by atoms with Gasteiger partial charge in [0.05, 0.1) is 5.56 Å². The zero-order chi connectivity index (χ0) is 13.8. The Bertz CT molecular complexity index is 440. The molecule has 0 amide bonds. The lowest BCUT2D eigenvalue weighted by atomic mass is 10.1. The fourth-order valence-corrected chi connectivity index (χ4v) is 1.75. The molecule has 3 nitrogen and oxygen atoms in total. The second kappa shape index (κ2) is 6.04. The largest absolute Gasteiger partial charge is 0.417 e. The highest BCUT2D eigenvalue weighted by molar-refractivity contribution is 5.13.